The van der Waals surface area contributed by atoms with Gasteiger partial charge in [-0.1, -0.05) is 23.2 Å². The number of methoxy groups -OCH3 is 1. The first-order valence-electron chi connectivity index (χ1n) is 5.65. The fourth-order valence-electron chi connectivity index (χ4n) is 1.58. The van der Waals surface area contributed by atoms with Crippen molar-refractivity contribution >= 4 is 38.9 Å². The maximum Gasteiger partial charge on any atom is 0.262 e. The number of hydrogen-bond donors (Lipinski definition) is 1. The fraction of sp³-hybridized carbons (Fsp3) is 0.0769. The second-order valence-corrected chi connectivity index (χ2v) is 6.53. The van der Waals surface area contributed by atoms with Crippen molar-refractivity contribution in [3.63, 3.8) is 0 Å². The van der Waals surface area contributed by atoms with Crippen LogP contribution in [0.25, 0.3) is 0 Å². The molecule has 8 heteroatoms. The van der Waals surface area contributed by atoms with Crippen LogP contribution < -0.4 is 9.46 Å². The predicted molar refractivity (Wildman–Crippen MR) is 80.2 cm³/mol. The summed E-state index contributed by atoms with van der Waals surface area (Å²) in [6, 6.07) is 7.55. The van der Waals surface area contributed by atoms with E-state index >= 15 is 0 Å². The summed E-state index contributed by atoms with van der Waals surface area (Å²) in [4.78, 5) is -0.133. The van der Waals surface area contributed by atoms with E-state index in [-0.39, 0.29) is 21.4 Å². The van der Waals surface area contributed by atoms with Crippen LogP contribution in [0.5, 0.6) is 5.75 Å². The van der Waals surface area contributed by atoms with Crippen LogP contribution in [0.1, 0.15) is 0 Å². The lowest BCUT2D eigenvalue weighted by Gasteiger charge is -2.10. The molecule has 0 spiro atoms. The van der Waals surface area contributed by atoms with Crippen LogP contribution in [0.4, 0.5) is 10.1 Å². The molecule has 0 saturated carbocycles. The lowest BCUT2D eigenvalue weighted by molar-refractivity contribution is 0.385. The molecule has 0 fully saturated rings. The second kappa shape index (κ2) is 6.09. The summed E-state index contributed by atoms with van der Waals surface area (Å²) in [6.07, 6.45) is 0. The molecule has 0 aliphatic carbocycles. The number of rotatable bonds is 4. The Morgan fingerprint density at radius 3 is 2.43 bits per heavy atom. The second-order valence-electron chi connectivity index (χ2n) is 4.03. The molecule has 0 atom stereocenters. The standard InChI is InChI=1S/C13H10Cl2FNO3S/c1-20-13-7-9(3-5-12(13)16)21(18,19)17-8-2-4-10(14)11(15)6-8/h2-7,17H,1H3. The van der Waals surface area contributed by atoms with Crippen LogP contribution in [-0.4, -0.2) is 15.5 Å². The van der Waals surface area contributed by atoms with Crippen LogP contribution >= 0.6 is 23.2 Å². The number of hydrogen-bond acceptors (Lipinski definition) is 3. The van der Waals surface area contributed by atoms with Crippen molar-refractivity contribution in [3.05, 3.63) is 52.3 Å². The number of anilines is 1. The molecule has 21 heavy (non-hydrogen) atoms. The van der Waals surface area contributed by atoms with Gasteiger partial charge in [-0.05, 0) is 30.3 Å². The Morgan fingerprint density at radius 2 is 1.81 bits per heavy atom. The van der Waals surface area contributed by atoms with E-state index in [0.29, 0.717) is 5.02 Å². The van der Waals surface area contributed by atoms with Gasteiger partial charge in [0.15, 0.2) is 11.6 Å². The molecule has 0 aliphatic heterocycles. The van der Waals surface area contributed by atoms with Crippen molar-refractivity contribution in [1.82, 2.24) is 0 Å². The van der Waals surface area contributed by atoms with E-state index < -0.39 is 15.8 Å². The summed E-state index contributed by atoms with van der Waals surface area (Å²) in [6.45, 7) is 0. The van der Waals surface area contributed by atoms with E-state index in [2.05, 4.69) is 4.72 Å². The Kier molecular flexibility index (Phi) is 4.61. The van der Waals surface area contributed by atoms with Gasteiger partial charge >= 0.3 is 0 Å². The van der Waals surface area contributed by atoms with Gasteiger partial charge < -0.3 is 4.74 Å². The van der Waals surface area contributed by atoms with Gasteiger partial charge in [-0.15, -0.1) is 0 Å². The average Bonchev–Trinajstić information content (AvgIpc) is 2.43. The molecule has 2 aromatic carbocycles. The maximum atomic E-state index is 13.3. The summed E-state index contributed by atoms with van der Waals surface area (Å²) < 4.78 is 44.8. The molecule has 0 amide bonds. The Hall–Kier alpha value is -1.50. The first kappa shape index (κ1) is 15.9. The smallest absolute Gasteiger partial charge is 0.262 e. The third-order valence-corrected chi connectivity index (χ3v) is 4.72. The SMILES string of the molecule is COc1cc(S(=O)(=O)Nc2ccc(Cl)c(Cl)c2)ccc1F. The van der Waals surface area contributed by atoms with E-state index in [1.807, 2.05) is 0 Å². The molecular formula is C13H10Cl2FNO3S. The van der Waals surface area contributed by atoms with Gasteiger partial charge in [0.2, 0.25) is 0 Å². The minimum Gasteiger partial charge on any atom is -0.494 e. The molecule has 2 rings (SSSR count). The van der Waals surface area contributed by atoms with Gasteiger partial charge in [-0.3, -0.25) is 4.72 Å². The molecule has 0 heterocycles. The summed E-state index contributed by atoms with van der Waals surface area (Å²) in [5, 5.41) is 0.525. The Balaban J connectivity index is 2.35. The van der Waals surface area contributed by atoms with E-state index in [4.69, 9.17) is 27.9 Å². The summed E-state index contributed by atoms with van der Waals surface area (Å²) in [5.41, 5.74) is 0.243. The van der Waals surface area contributed by atoms with Crippen LogP contribution in [-0.2, 0) is 10.0 Å². The van der Waals surface area contributed by atoms with Gasteiger partial charge in [0.05, 0.1) is 27.7 Å². The third-order valence-electron chi connectivity index (χ3n) is 2.60. The molecule has 0 aliphatic rings. The Labute approximate surface area is 131 Å². The molecule has 112 valence electrons. The summed E-state index contributed by atoms with van der Waals surface area (Å²) in [7, 11) is -2.64. The topological polar surface area (TPSA) is 55.4 Å². The fourth-order valence-corrected chi connectivity index (χ4v) is 2.94. The first-order valence-corrected chi connectivity index (χ1v) is 7.89. The highest BCUT2D eigenvalue weighted by Crippen LogP contribution is 2.27. The molecule has 1 N–H and O–H groups in total. The van der Waals surface area contributed by atoms with E-state index in [1.54, 1.807) is 0 Å². The molecule has 2 aromatic rings. The number of benzene rings is 2. The molecule has 0 unspecified atom stereocenters. The molecule has 4 nitrogen and oxygen atoms in total. The highest BCUT2D eigenvalue weighted by molar-refractivity contribution is 7.92. The van der Waals surface area contributed by atoms with Gasteiger partial charge in [0.1, 0.15) is 0 Å². The number of sulfonamides is 1. The molecular weight excluding hydrogens is 340 g/mol. The summed E-state index contributed by atoms with van der Waals surface area (Å²) >= 11 is 11.6. The van der Waals surface area contributed by atoms with E-state index in [9.17, 15) is 12.8 Å². The van der Waals surface area contributed by atoms with Gasteiger partial charge in [-0.25, -0.2) is 12.8 Å². The van der Waals surface area contributed by atoms with Crippen molar-refractivity contribution in [2.24, 2.45) is 0 Å². The Bertz CT molecular complexity index is 781. The normalized spacial score (nSPS) is 11.2. The lowest BCUT2D eigenvalue weighted by atomic mass is 10.3. The molecule has 0 bridgehead atoms. The molecule has 0 saturated heterocycles. The van der Waals surface area contributed by atoms with Crippen LogP contribution in [0.2, 0.25) is 10.0 Å². The minimum atomic E-state index is -3.89. The van der Waals surface area contributed by atoms with Crippen molar-refractivity contribution in [2.45, 2.75) is 4.90 Å². The zero-order valence-electron chi connectivity index (χ0n) is 10.7. The third kappa shape index (κ3) is 3.58. The van der Waals surface area contributed by atoms with E-state index in [0.717, 1.165) is 18.2 Å². The quantitative estimate of drug-likeness (QED) is 0.909. The van der Waals surface area contributed by atoms with Gasteiger partial charge in [-0.2, -0.15) is 0 Å². The number of halogens is 3. The zero-order valence-corrected chi connectivity index (χ0v) is 13.1. The number of ether oxygens (including phenoxy) is 1. The van der Waals surface area contributed by atoms with Gasteiger partial charge in [0, 0.05) is 6.07 Å². The monoisotopic (exact) mass is 349 g/mol. The van der Waals surface area contributed by atoms with Crippen molar-refractivity contribution in [1.29, 1.82) is 0 Å². The number of nitrogens with one attached hydrogen (secondary N) is 1. The predicted octanol–water partition coefficient (Wildman–Crippen LogP) is 3.94. The average molecular weight is 350 g/mol. The molecule has 0 aromatic heterocycles. The van der Waals surface area contributed by atoms with Gasteiger partial charge in [0.25, 0.3) is 10.0 Å². The van der Waals surface area contributed by atoms with Crippen molar-refractivity contribution in [3.8, 4) is 5.75 Å². The van der Waals surface area contributed by atoms with Crippen molar-refractivity contribution in [2.75, 3.05) is 11.8 Å². The summed E-state index contributed by atoms with van der Waals surface area (Å²) in [5.74, 6) is -0.807. The highest BCUT2D eigenvalue weighted by Gasteiger charge is 2.17. The van der Waals surface area contributed by atoms with Crippen LogP contribution in [0.3, 0.4) is 0 Å². The largest absolute Gasteiger partial charge is 0.494 e. The van der Waals surface area contributed by atoms with Crippen molar-refractivity contribution < 1.29 is 17.5 Å². The van der Waals surface area contributed by atoms with E-state index in [1.165, 1.54) is 25.3 Å². The highest BCUT2D eigenvalue weighted by atomic mass is 35.5. The Morgan fingerprint density at radius 1 is 1.10 bits per heavy atom. The van der Waals surface area contributed by atoms with Crippen LogP contribution in [0.15, 0.2) is 41.3 Å². The minimum absolute atomic E-state index is 0.133. The molecule has 0 radical (unpaired) electrons. The first-order chi connectivity index (χ1) is 9.83. The lowest BCUT2D eigenvalue weighted by Crippen LogP contribution is -2.13. The zero-order chi connectivity index (χ0) is 15.6. The van der Waals surface area contributed by atoms with Crippen LogP contribution in [0, 0.1) is 5.82 Å². The maximum absolute atomic E-state index is 13.3.